The quantitative estimate of drug-likeness (QED) is 0.497. The second-order valence-corrected chi connectivity index (χ2v) is 6.64. The summed E-state index contributed by atoms with van der Waals surface area (Å²) in [5.41, 5.74) is 0. The number of nitrogens with zero attached hydrogens (tertiary/aromatic N) is 1. The van der Waals surface area contributed by atoms with Gasteiger partial charge in [0.2, 0.25) is 0 Å². The standard InChI is InChI=1S/C17H34N2O2/c1-5-6-7-8-15-14(13-17(20)21-4)9-10-16(15)18-11-12-19(2)3/h14-16,18H,5-13H2,1-4H3/t14-,15-,16+/m0/s1. The highest BCUT2D eigenvalue weighted by Gasteiger charge is 2.36. The molecule has 1 N–H and O–H groups in total. The van der Waals surface area contributed by atoms with Crippen molar-refractivity contribution < 1.29 is 9.53 Å². The second kappa shape index (κ2) is 10.2. The molecule has 1 aliphatic rings. The number of hydrogen-bond acceptors (Lipinski definition) is 4. The Morgan fingerprint density at radius 3 is 2.67 bits per heavy atom. The minimum absolute atomic E-state index is 0.0468. The van der Waals surface area contributed by atoms with Gasteiger partial charge in [0.05, 0.1) is 7.11 Å². The molecule has 0 radical (unpaired) electrons. The third-order valence-corrected chi connectivity index (χ3v) is 4.73. The van der Waals surface area contributed by atoms with Gasteiger partial charge in [-0.3, -0.25) is 4.79 Å². The van der Waals surface area contributed by atoms with E-state index in [2.05, 4.69) is 31.2 Å². The number of carbonyl (C=O) groups excluding carboxylic acids is 1. The molecule has 21 heavy (non-hydrogen) atoms. The first-order valence-corrected chi connectivity index (χ1v) is 8.53. The number of unbranched alkanes of at least 4 members (excludes halogenated alkanes) is 2. The van der Waals surface area contributed by atoms with Gasteiger partial charge in [0.25, 0.3) is 0 Å². The largest absolute Gasteiger partial charge is 0.469 e. The van der Waals surface area contributed by atoms with E-state index in [0.29, 0.717) is 24.3 Å². The topological polar surface area (TPSA) is 41.6 Å². The molecule has 0 aromatic rings. The van der Waals surface area contributed by atoms with E-state index in [0.717, 1.165) is 19.5 Å². The van der Waals surface area contributed by atoms with Gasteiger partial charge in [0.1, 0.15) is 0 Å². The van der Waals surface area contributed by atoms with Crippen molar-refractivity contribution >= 4 is 5.97 Å². The van der Waals surface area contributed by atoms with Crippen molar-refractivity contribution in [2.45, 2.75) is 57.9 Å². The van der Waals surface area contributed by atoms with Crippen LogP contribution in [-0.2, 0) is 9.53 Å². The first-order chi connectivity index (χ1) is 10.1. The van der Waals surface area contributed by atoms with E-state index >= 15 is 0 Å². The van der Waals surface area contributed by atoms with Crippen LogP contribution in [0.2, 0.25) is 0 Å². The summed E-state index contributed by atoms with van der Waals surface area (Å²) in [7, 11) is 5.71. The molecule has 0 aromatic carbocycles. The van der Waals surface area contributed by atoms with Crippen molar-refractivity contribution in [1.82, 2.24) is 10.2 Å². The highest BCUT2D eigenvalue weighted by Crippen LogP contribution is 2.38. The molecule has 1 rings (SSSR count). The molecule has 0 unspecified atom stereocenters. The van der Waals surface area contributed by atoms with Gasteiger partial charge in [-0.1, -0.05) is 26.2 Å². The first kappa shape index (κ1) is 18.4. The van der Waals surface area contributed by atoms with Gasteiger partial charge >= 0.3 is 5.97 Å². The molecule has 0 saturated heterocycles. The molecule has 0 heterocycles. The normalized spacial score (nSPS) is 25.5. The third kappa shape index (κ3) is 6.79. The van der Waals surface area contributed by atoms with Gasteiger partial charge < -0.3 is 15.0 Å². The Hall–Kier alpha value is -0.610. The summed E-state index contributed by atoms with van der Waals surface area (Å²) in [6.07, 6.45) is 8.04. The van der Waals surface area contributed by atoms with Crippen molar-refractivity contribution in [3.63, 3.8) is 0 Å². The fourth-order valence-corrected chi connectivity index (χ4v) is 3.50. The molecule has 124 valence electrons. The molecule has 1 fully saturated rings. The molecule has 1 aliphatic carbocycles. The monoisotopic (exact) mass is 298 g/mol. The zero-order chi connectivity index (χ0) is 15.7. The maximum Gasteiger partial charge on any atom is 0.305 e. The van der Waals surface area contributed by atoms with Crippen molar-refractivity contribution in [3.05, 3.63) is 0 Å². The lowest BCUT2D eigenvalue weighted by Gasteiger charge is -2.26. The molecule has 4 heteroatoms. The Morgan fingerprint density at radius 2 is 2.05 bits per heavy atom. The number of esters is 1. The zero-order valence-corrected chi connectivity index (χ0v) is 14.4. The second-order valence-electron chi connectivity index (χ2n) is 6.64. The Labute approximate surface area is 130 Å². The molecule has 4 nitrogen and oxygen atoms in total. The van der Waals surface area contributed by atoms with E-state index in [1.807, 2.05) is 0 Å². The highest BCUT2D eigenvalue weighted by atomic mass is 16.5. The van der Waals surface area contributed by atoms with E-state index < -0.39 is 0 Å². The summed E-state index contributed by atoms with van der Waals surface area (Å²) in [5.74, 6) is 1.10. The van der Waals surface area contributed by atoms with Gasteiger partial charge in [-0.25, -0.2) is 0 Å². The van der Waals surface area contributed by atoms with Crippen LogP contribution in [0, 0.1) is 11.8 Å². The molecule has 0 amide bonds. The van der Waals surface area contributed by atoms with E-state index in [-0.39, 0.29) is 5.97 Å². The minimum atomic E-state index is -0.0468. The molecule has 1 saturated carbocycles. The summed E-state index contributed by atoms with van der Waals surface area (Å²) < 4.78 is 4.87. The molecule has 0 bridgehead atoms. The average molecular weight is 298 g/mol. The molecule has 3 atom stereocenters. The van der Waals surface area contributed by atoms with Crippen LogP contribution in [0.5, 0.6) is 0 Å². The van der Waals surface area contributed by atoms with Crippen LogP contribution in [0.1, 0.15) is 51.9 Å². The number of rotatable bonds is 10. The molecule has 0 spiro atoms. The van der Waals surface area contributed by atoms with E-state index in [4.69, 9.17) is 4.74 Å². The zero-order valence-electron chi connectivity index (χ0n) is 14.4. The minimum Gasteiger partial charge on any atom is -0.469 e. The smallest absolute Gasteiger partial charge is 0.305 e. The number of nitrogens with one attached hydrogen (secondary N) is 1. The van der Waals surface area contributed by atoms with E-state index in [1.54, 1.807) is 0 Å². The predicted molar refractivity (Wildman–Crippen MR) is 87.3 cm³/mol. The molecular formula is C17H34N2O2. The van der Waals surface area contributed by atoms with Gasteiger partial charge in [-0.15, -0.1) is 0 Å². The van der Waals surface area contributed by atoms with Crippen molar-refractivity contribution in [2.75, 3.05) is 34.3 Å². The summed E-state index contributed by atoms with van der Waals surface area (Å²) in [4.78, 5) is 13.8. The number of ether oxygens (including phenoxy) is 1. The van der Waals surface area contributed by atoms with Gasteiger partial charge in [0, 0.05) is 25.6 Å². The van der Waals surface area contributed by atoms with Crippen LogP contribution in [0.15, 0.2) is 0 Å². The number of hydrogen-bond donors (Lipinski definition) is 1. The Balaban J connectivity index is 2.49. The van der Waals surface area contributed by atoms with Crippen LogP contribution in [0.4, 0.5) is 0 Å². The summed E-state index contributed by atoms with van der Waals surface area (Å²) in [6.45, 7) is 4.35. The first-order valence-electron chi connectivity index (χ1n) is 8.53. The van der Waals surface area contributed by atoms with Gasteiger partial charge in [0.15, 0.2) is 0 Å². The summed E-state index contributed by atoms with van der Waals surface area (Å²) in [6, 6.07) is 0.580. The van der Waals surface area contributed by atoms with Crippen molar-refractivity contribution in [3.8, 4) is 0 Å². The highest BCUT2D eigenvalue weighted by molar-refractivity contribution is 5.69. The maximum atomic E-state index is 11.6. The molecular weight excluding hydrogens is 264 g/mol. The average Bonchev–Trinajstić information content (AvgIpc) is 2.81. The number of likely N-dealkylation sites (N-methyl/N-ethyl adjacent to an activating group) is 1. The maximum absolute atomic E-state index is 11.6. The fraction of sp³-hybridized carbons (Fsp3) is 0.941. The lowest BCUT2D eigenvalue weighted by atomic mass is 9.86. The summed E-state index contributed by atoms with van der Waals surface area (Å²) >= 11 is 0. The molecule has 0 aliphatic heterocycles. The predicted octanol–water partition coefficient (Wildman–Crippen LogP) is 2.68. The fourth-order valence-electron chi connectivity index (χ4n) is 3.50. The van der Waals surface area contributed by atoms with Crippen LogP contribution in [-0.4, -0.2) is 51.2 Å². The van der Waals surface area contributed by atoms with Gasteiger partial charge in [-0.05, 0) is 45.2 Å². The third-order valence-electron chi connectivity index (χ3n) is 4.73. The van der Waals surface area contributed by atoms with E-state index in [1.165, 1.54) is 39.2 Å². The van der Waals surface area contributed by atoms with Crippen molar-refractivity contribution in [2.24, 2.45) is 11.8 Å². The SMILES string of the molecule is CCCCC[C@H]1[C@H](CC(=O)OC)CC[C@H]1NCCN(C)C. The van der Waals surface area contributed by atoms with Crippen LogP contribution < -0.4 is 5.32 Å². The van der Waals surface area contributed by atoms with Crippen LogP contribution in [0.3, 0.4) is 0 Å². The van der Waals surface area contributed by atoms with E-state index in [9.17, 15) is 4.79 Å². The van der Waals surface area contributed by atoms with Crippen molar-refractivity contribution in [1.29, 1.82) is 0 Å². The Morgan fingerprint density at radius 1 is 1.29 bits per heavy atom. The lowest BCUT2D eigenvalue weighted by molar-refractivity contribution is -0.142. The lowest BCUT2D eigenvalue weighted by Crippen LogP contribution is -2.38. The molecule has 0 aromatic heterocycles. The summed E-state index contributed by atoms with van der Waals surface area (Å²) in [5, 5.41) is 3.72. The van der Waals surface area contributed by atoms with Crippen LogP contribution in [0.25, 0.3) is 0 Å². The number of carbonyl (C=O) groups is 1. The van der Waals surface area contributed by atoms with Crippen LogP contribution >= 0.6 is 0 Å². The Kier molecular flexibility index (Phi) is 8.93. The number of methoxy groups -OCH3 is 1. The van der Waals surface area contributed by atoms with Gasteiger partial charge in [-0.2, -0.15) is 0 Å². The Bertz CT molecular complexity index is 295.